The van der Waals surface area contributed by atoms with Gasteiger partial charge in [0.1, 0.15) is 0 Å². The number of aromatic carboxylic acids is 1. The third-order valence-corrected chi connectivity index (χ3v) is 2.10. The molecule has 0 aromatic heterocycles. The Morgan fingerprint density at radius 1 is 1.47 bits per heavy atom. The Kier molecular flexibility index (Phi) is 3.39. The molecule has 0 aliphatic heterocycles. The molecule has 0 saturated heterocycles. The van der Waals surface area contributed by atoms with Crippen LogP contribution in [0.1, 0.15) is 35.7 Å². The molecule has 0 fully saturated rings. The summed E-state index contributed by atoms with van der Waals surface area (Å²) < 4.78 is 26.8. The van der Waals surface area contributed by atoms with Gasteiger partial charge in [-0.15, -0.1) is 0 Å². The first-order valence-electron chi connectivity index (χ1n) is 4.69. The first kappa shape index (κ1) is 11.6. The third-order valence-electron chi connectivity index (χ3n) is 2.10. The fraction of sp³-hybridized carbons (Fsp3) is 0.364. The van der Waals surface area contributed by atoms with Crippen LogP contribution in [0.15, 0.2) is 24.3 Å². The van der Waals surface area contributed by atoms with E-state index in [2.05, 4.69) is 0 Å². The minimum absolute atomic E-state index is 0.108. The summed E-state index contributed by atoms with van der Waals surface area (Å²) in [4.78, 5) is 10.6. The van der Waals surface area contributed by atoms with Crippen molar-refractivity contribution in [2.75, 3.05) is 0 Å². The van der Waals surface area contributed by atoms with E-state index in [1.165, 1.54) is 18.2 Å². The number of carbonyl (C=O) groups is 1. The van der Waals surface area contributed by atoms with E-state index in [4.69, 9.17) is 5.11 Å². The maximum absolute atomic E-state index is 13.4. The zero-order valence-electron chi connectivity index (χ0n) is 8.34. The van der Waals surface area contributed by atoms with Gasteiger partial charge in [-0.1, -0.05) is 25.5 Å². The lowest BCUT2D eigenvalue weighted by molar-refractivity contribution is -0.0140. The third kappa shape index (κ3) is 2.75. The standard InChI is InChI=1S/C11H12F2O2/c1-2-6-11(12,13)9-5-3-4-8(7-9)10(14)15/h3-5,7H,2,6H2,1H3,(H,14,15). The zero-order chi connectivity index (χ0) is 11.5. The van der Waals surface area contributed by atoms with Gasteiger partial charge in [-0.2, -0.15) is 0 Å². The summed E-state index contributed by atoms with van der Waals surface area (Å²) in [6, 6.07) is 4.91. The molecule has 0 heterocycles. The van der Waals surface area contributed by atoms with E-state index >= 15 is 0 Å². The van der Waals surface area contributed by atoms with Gasteiger partial charge in [0.2, 0.25) is 0 Å². The van der Waals surface area contributed by atoms with Crippen molar-refractivity contribution in [3.05, 3.63) is 35.4 Å². The molecule has 2 nitrogen and oxygen atoms in total. The van der Waals surface area contributed by atoms with Gasteiger partial charge in [0.15, 0.2) is 0 Å². The largest absolute Gasteiger partial charge is 0.478 e. The minimum atomic E-state index is -2.94. The number of alkyl halides is 2. The number of carboxylic acids is 1. The summed E-state index contributed by atoms with van der Waals surface area (Å²) >= 11 is 0. The maximum atomic E-state index is 13.4. The second kappa shape index (κ2) is 4.38. The Morgan fingerprint density at radius 3 is 2.67 bits per heavy atom. The Bertz CT molecular complexity index is 361. The van der Waals surface area contributed by atoms with E-state index < -0.39 is 11.9 Å². The average molecular weight is 214 g/mol. The van der Waals surface area contributed by atoms with Crippen molar-refractivity contribution in [2.45, 2.75) is 25.7 Å². The Morgan fingerprint density at radius 2 is 2.13 bits per heavy atom. The van der Waals surface area contributed by atoms with Gasteiger partial charge < -0.3 is 5.11 Å². The highest BCUT2D eigenvalue weighted by Crippen LogP contribution is 2.32. The van der Waals surface area contributed by atoms with Crippen LogP contribution in [0.25, 0.3) is 0 Å². The topological polar surface area (TPSA) is 37.3 Å². The number of benzene rings is 1. The minimum Gasteiger partial charge on any atom is -0.478 e. The van der Waals surface area contributed by atoms with E-state index in [0.717, 1.165) is 6.07 Å². The average Bonchev–Trinajstić information content (AvgIpc) is 2.18. The van der Waals surface area contributed by atoms with Crippen molar-refractivity contribution < 1.29 is 18.7 Å². The van der Waals surface area contributed by atoms with Gasteiger partial charge in [-0.25, -0.2) is 13.6 Å². The summed E-state index contributed by atoms with van der Waals surface area (Å²) in [6.07, 6.45) is 0.0837. The van der Waals surface area contributed by atoms with E-state index in [9.17, 15) is 13.6 Å². The van der Waals surface area contributed by atoms with Gasteiger partial charge >= 0.3 is 5.97 Å². The van der Waals surface area contributed by atoms with Crippen molar-refractivity contribution >= 4 is 5.97 Å². The van der Waals surface area contributed by atoms with Crippen LogP contribution in [0.3, 0.4) is 0 Å². The van der Waals surface area contributed by atoms with Crippen LogP contribution in [0.4, 0.5) is 8.78 Å². The summed E-state index contributed by atoms with van der Waals surface area (Å²) in [5, 5.41) is 8.66. The normalized spacial score (nSPS) is 11.4. The molecule has 0 atom stereocenters. The predicted molar refractivity (Wildman–Crippen MR) is 52.2 cm³/mol. The molecule has 0 saturated carbocycles. The number of rotatable bonds is 4. The fourth-order valence-electron chi connectivity index (χ4n) is 1.34. The number of halogens is 2. The monoisotopic (exact) mass is 214 g/mol. The van der Waals surface area contributed by atoms with Crippen molar-refractivity contribution in [3.63, 3.8) is 0 Å². The quantitative estimate of drug-likeness (QED) is 0.835. The van der Waals surface area contributed by atoms with Crippen LogP contribution >= 0.6 is 0 Å². The van der Waals surface area contributed by atoms with E-state index in [1.807, 2.05) is 0 Å². The molecule has 0 amide bonds. The predicted octanol–water partition coefficient (Wildman–Crippen LogP) is 3.28. The molecule has 4 heteroatoms. The highest BCUT2D eigenvalue weighted by atomic mass is 19.3. The van der Waals surface area contributed by atoms with Crippen LogP contribution in [-0.4, -0.2) is 11.1 Å². The Hall–Kier alpha value is -1.45. The lowest BCUT2D eigenvalue weighted by Crippen LogP contribution is -2.13. The summed E-state index contributed by atoms with van der Waals surface area (Å²) in [7, 11) is 0. The molecule has 1 N–H and O–H groups in total. The van der Waals surface area contributed by atoms with Crippen molar-refractivity contribution in [1.82, 2.24) is 0 Å². The summed E-state index contributed by atoms with van der Waals surface area (Å²) in [6.45, 7) is 1.66. The van der Waals surface area contributed by atoms with Gasteiger partial charge in [-0.05, 0) is 12.1 Å². The van der Waals surface area contributed by atoms with Crippen molar-refractivity contribution in [1.29, 1.82) is 0 Å². The van der Waals surface area contributed by atoms with Gasteiger partial charge in [-0.3, -0.25) is 0 Å². The molecule has 0 aliphatic carbocycles. The first-order valence-corrected chi connectivity index (χ1v) is 4.69. The Balaban J connectivity index is 3.04. The number of hydrogen-bond acceptors (Lipinski definition) is 1. The van der Waals surface area contributed by atoms with Gasteiger partial charge in [0.25, 0.3) is 5.92 Å². The van der Waals surface area contributed by atoms with E-state index in [0.29, 0.717) is 6.42 Å². The number of carboxylic acid groups (broad SMARTS) is 1. The van der Waals surface area contributed by atoms with Gasteiger partial charge in [0, 0.05) is 12.0 Å². The summed E-state index contributed by atoms with van der Waals surface area (Å²) in [5.74, 6) is -4.13. The van der Waals surface area contributed by atoms with Crippen molar-refractivity contribution in [3.8, 4) is 0 Å². The van der Waals surface area contributed by atoms with Crippen LogP contribution < -0.4 is 0 Å². The second-order valence-corrected chi connectivity index (χ2v) is 3.34. The molecule has 0 aliphatic rings. The van der Waals surface area contributed by atoms with E-state index in [-0.39, 0.29) is 17.5 Å². The SMILES string of the molecule is CCCC(F)(F)c1cccc(C(=O)O)c1. The van der Waals surface area contributed by atoms with Crippen molar-refractivity contribution in [2.24, 2.45) is 0 Å². The molecular formula is C11H12F2O2. The molecule has 82 valence electrons. The first-order chi connectivity index (χ1) is 6.97. The van der Waals surface area contributed by atoms with Crippen LogP contribution in [0.2, 0.25) is 0 Å². The lowest BCUT2D eigenvalue weighted by atomic mass is 10.0. The zero-order valence-corrected chi connectivity index (χ0v) is 8.34. The molecule has 1 aromatic rings. The smallest absolute Gasteiger partial charge is 0.335 e. The van der Waals surface area contributed by atoms with E-state index in [1.54, 1.807) is 6.92 Å². The maximum Gasteiger partial charge on any atom is 0.335 e. The second-order valence-electron chi connectivity index (χ2n) is 3.34. The summed E-state index contributed by atoms with van der Waals surface area (Å²) in [5.41, 5.74) is -0.340. The lowest BCUT2D eigenvalue weighted by Gasteiger charge is -2.15. The fourth-order valence-corrected chi connectivity index (χ4v) is 1.34. The van der Waals surface area contributed by atoms with Crippen LogP contribution in [-0.2, 0) is 5.92 Å². The molecule has 0 unspecified atom stereocenters. The van der Waals surface area contributed by atoms with Crippen LogP contribution in [0.5, 0.6) is 0 Å². The Labute approximate surface area is 86.5 Å². The molecule has 1 rings (SSSR count). The molecule has 0 bridgehead atoms. The molecule has 0 spiro atoms. The highest BCUT2D eigenvalue weighted by molar-refractivity contribution is 5.87. The van der Waals surface area contributed by atoms with Crippen LogP contribution in [0, 0.1) is 0 Å². The highest BCUT2D eigenvalue weighted by Gasteiger charge is 2.30. The molecule has 1 aromatic carbocycles. The number of hydrogen-bond donors (Lipinski definition) is 1. The molecular weight excluding hydrogens is 202 g/mol. The molecule has 0 radical (unpaired) electrons. The molecule has 15 heavy (non-hydrogen) atoms. The van der Waals surface area contributed by atoms with Gasteiger partial charge in [0.05, 0.1) is 5.56 Å².